The Kier molecular flexibility index (Phi) is 3.31. The molecule has 0 saturated carbocycles. The molecular weight excluding hydrogens is 218 g/mol. The molecule has 1 aromatic rings. The lowest BCUT2D eigenvalue weighted by atomic mass is 10.1. The third kappa shape index (κ3) is 2.47. The fourth-order valence-electron chi connectivity index (χ4n) is 1.13. The summed E-state index contributed by atoms with van der Waals surface area (Å²) >= 11 is 5.74. The van der Waals surface area contributed by atoms with E-state index in [1.807, 2.05) is 0 Å². The van der Waals surface area contributed by atoms with E-state index >= 15 is 0 Å². The summed E-state index contributed by atoms with van der Waals surface area (Å²) in [4.78, 5) is 23.2. The van der Waals surface area contributed by atoms with Crippen LogP contribution in [-0.2, 0) is 4.79 Å². The standard InChI is InChI=1S/C10H10ClNO3/c1-6(13)12(2)9-5-7(11)3-4-8(9)10(14)15/h3-5H,1-2H3,(H,14,15). The summed E-state index contributed by atoms with van der Waals surface area (Å²) in [7, 11) is 1.50. The molecule has 0 radical (unpaired) electrons. The zero-order valence-corrected chi connectivity index (χ0v) is 9.08. The first-order valence-electron chi connectivity index (χ1n) is 4.20. The minimum atomic E-state index is -1.09. The molecule has 5 heteroatoms. The number of carbonyl (C=O) groups excluding carboxylic acids is 1. The lowest BCUT2D eigenvalue weighted by molar-refractivity contribution is -0.116. The zero-order chi connectivity index (χ0) is 11.6. The molecule has 1 aromatic carbocycles. The van der Waals surface area contributed by atoms with Gasteiger partial charge in [0.05, 0.1) is 11.3 Å². The summed E-state index contributed by atoms with van der Waals surface area (Å²) in [5.41, 5.74) is 0.347. The highest BCUT2D eigenvalue weighted by Crippen LogP contribution is 2.24. The van der Waals surface area contributed by atoms with Gasteiger partial charge in [0.1, 0.15) is 0 Å². The van der Waals surface area contributed by atoms with Gasteiger partial charge in [0, 0.05) is 19.0 Å². The van der Waals surface area contributed by atoms with Gasteiger partial charge in [-0.1, -0.05) is 11.6 Å². The number of carboxylic acid groups (broad SMARTS) is 1. The third-order valence-electron chi connectivity index (χ3n) is 2.02. The summed E-state index contributed by atoms with van der Waals surface area (Å²) in [5, 5.41) is 9.30. The molecule has 15 heavy (non-hydrogen) atoms. The molecule has 1 rings (SSSR count). The zero-order valence-electron chi connectivity index (χ0n) is 8.32. The van der Waals surface area contributed by atoms with Gasteiger partial charge in [0.15, 0.2) is 0 Å². The number of nitrogens with zero attached hydrogens (tertiary/aromatic N) is 1. The molecule has 0 aliphatic heterocycles. The smallest absolute Gasteiger partial charge is 0.337 e. The molecular formula is C10H10ClNO3. The van der Waals surface area contributed by atoms with Crippen molar-refractivity contribution in [2.75, 3.05) is 11.9 Å². The second-order valence-corrected chi connectivity index (χ2v) is 3.48. The van der Waals surface area contributed by atoms with Crippen LogP contribution in [0.2, 0.25) is 5.02 Å². The van der Waals surface area contributed by atoms with Crippen molar-refractivity contribution in [3.63, 3.8) is 0 Å². The van der Waals surface area contributed by atoms with Crippen LogP contribution in [0.25, 0.3) is 0 Å². The maximum Gasteiger partial charge on any atom is 0.337 e. The molecule has 0 aliphatic carbocycles. The Morgan fingerprint density at radius 3 is 2.47 bits per heavy atom. The minimum absolute atomic E-state index is 0.0529. The molecule has 0 spiro atoms. The molecule has 4 nitrogen and oxygen atoms in total. The number of rotatable bonds is 2. The molecule has 0 aliphatic rings. The third-order valence-corrected chi connectivity index (χ3v) is 2.26. The molecule has 0 saturated heterocycles. The van der Waals surface area contributed by atoms with Crippen LogP contribution in [0.4, 0.5) is 5.69 Å². The normalized spacial score (nSPS) is 9.80. The summed E-state index contributed by atoms with van der Waals surface area (Å²) in [6, 6.07) is 4.30. The summed E-state index contributed by atoms with van der Waals surface area (Å²) in [5.74, 6) is -1.34. The second-order valence-electron chi connectivity index (χ2n) is 3.04. The molecule has 0 aromatic heterocycles. The van der Waals surface area contributed by atoms with E-state index in [1.54, 1.807) is 0 Å². The average Bonchev–Trinajstić information content (AvgIpc) is 2.15. The van der Waals surface area contributed by atoms with Gasteiger partial charge in [0.2, 0.25) is 5.91 Å². The topological polar surface area (TPSA) is 57.6 Å². The van der Waals surface area contributed by atoms with Gasteiger partial charge in [0.25, 0.3) is 0 Å². The van der Waals surface area contributed by atoms with Gasteiger partial charge in [-0.05, 0) is 18.2 Å². The van der Waals surface area contributed by atoms with Crippen molar-refractivity contribution in [2.24, 2.45) is 0 Å². The Bertz CT molecular complexity index is 417. The Morgan fingerprint density at radius 2 is 2.00 bits per heavy atom. The second kappa shape index (κ2) is 4.31. The number of aromatic carboxylic acids is 1. The molecule has 0 bridgehead atoms. The Hall–Kier alpha value is -1.55. The highest BCUT2D eigenvalue weighted by molar-refractivity contribution is 6.31. The summed E-state index contributed by atoms with van der Waals surface area (Å²) < 4.78 is 0. The lowest BCUT2D eigenvalue weighted by Gasteiger charge is -2.17. The molecule has 1 N–H and O–H groups in total. The van der Waals surface area contributed by atoms with Crippen molar-refractivity contribution in [2.45, 2.75) is 6.92 Å². The van der Waals surface area contributed by atoms with Gasteiger partial charge in [-0.2, -0.15) is 0 Å². The van der Waals surface area contributed by atoms with E-state index in [4.69, 9.17) is 16.7 Å². The molecule has 0 unspecified atom stereocenters. The molecule has 80 valence electrons. The number of amides is 1. The largest absolute Gasteiger partial charge is 0.478 e. The van der Waals surface area contributed by atoms with E-state index in [1.165, 1.54) is 37.1 Å². The highest BCUT2D eigenvalue weighted by Gasteiger charge is 2.15. The maximum atomic E-state index is 11.1. The minimum Gasteiger partial charge on any atom is -0.478 e. The van der Waals surface area contributed by atoms with Crippen LogP contribution >= 0.6 is 11.6 Å². The van der Waals surface area contributed by atoms with Crippen molar-refractivity contribution >= 4 is 29.2 Å². The number of carboxylic acids is 1. The first kappa shape index (κ1) is 11.5. The van der Waals surface area contributed by atoms with Crippen molar-refractivity contribution in [3.8, 4) is 0 Å². The fourth-order valence-corrected chi connectivity index (χ4v) is 1.30. The SMILES string of the molecule is CC(=O)N(C)c1cc(Cl)ccc1C(=O)O. The number of hydrogen-bond donors (Lipinski definition) is 1. The van der Waals surface area contributed by atoms with Crippen LogP contribution in [0.1, 0.15) is 17.3 Å². The van der Waals surface area contributed by atoms with E-state index in [-0.39, 0.29) is 11.5 Å². The molecule has 0 heterocycles. The monoisotopic (exact) mass is 227 g/mol. The van der Waals surface area contributed by atoms with Crippen molar-refractivity contribution in [3.05, 3.63) is 28.8 Å². The van der Waals surface area contributed by atoms with E-state index in [0.717, 1.165) is 0 Å². The van der Waals surface area contributed by atoms with Gasteiger partial charge >= 0.3 is 5.97 Å². The van der Waals surface area contributed by atoms with Crippen LogP contribution in [0, 0.1) is 0 Å². The number of hydrogen-bond acceptors (Lipinski definition) is 2. The highest BCUT2D eigenvalue weighted by atomic mass is 35.5. The van der Waals surface area contributed by atoms with Crippen LogP contribution in [0.5, 0.6) is 0 Å². The van der Waals surface area contributed by atoms with Crippen molar-refractivity contribution in [1.82, 2.24) is 0 Å². The van der Waals surface area contributed by atoms with Gasteiger partial charge in [-0.25, -0.2) is 4.79 Å². The van der Waals surface area contributed by atoms with Crippen LogP contribution in [0.15, 0.2) is 18.2 Å². The van der Waals surface area contributed by atoms with E-state index in [2.05, 4.69) is 0 Å². The van der Waals surface area contributed by atoms with Gasteiger partial charge in [-0.3, -0.25) is 4.79 Å². The lowest BCUT2D eigenvalue weighted by Crippen LogP contribution is -2.24. The van der Waals surface area contributed by atoms with Crippen LogP contribution in [0.3, 0.4) is 0 Å². The van der Waals surface area contributed by atoms with E-state index in [0.29, 0.717) is 10.7 Å². The summed E-state index contributed by atoms with van der Waals surface area (Å²) in [6.45, 7) is 1.35. The number of halogens is 1. The first-order valence-corrected chi connectivity index (χ1v) is 4.58. The fraction of sp³-hybridized carbons (Fsp3) is 0.200. The summed E-state index contributed by atoms with van der Waals surface area (Å²) in [6.07, 6.45) is 0. The Labute approximate surface area is 92.1 Å². The maximum absolute atomic E-state index is 11.1. The van der Waals surface area contributed by atoms with Crippen LogP contribution < -0.4 is 4.90 Å². The number of anilines is 1. The van der Waals surface area contributed by atoms with Crippen LogP contribution in [-0.4, -0.2) is 24.0 Å². The number of carbonyl (C=O) groups is 2. The predicted octanol–water partition coefficient (Wildman–Crippen LogP) is 2.02. The number of benzene rings is 1. The van der Waals surface area contributed by atoms with E-state index in [9.17, 15) is 9.59 Å². The Morgan fingerprint density at radius 1 is 1.40 bits per heavy atom. The average molecular weight is 228 g/mol. The van der Waals surface area contributed by atoms with Gasteiger partial charge < -0.3 is 10.0 Å². The predicted molar refractivity (Wildman–Crippen MR) is 57.5 cm³/mol. The van der Waals surface area contributed by atoms with Gasteiger partial charge in [-0.15, -0.1) is 0 Å². The molecule has 1 amide bonds. The Balaban J connectivity index is 3.30. The molecule has 0 atom stereocenters. The van der Waals surface area contributed by atoms with Crippen molar-refractivity contribution < 1.29 is 14.7 Å². The first-order chi connectivity index (χ1) is 6.93. The van der Waals surface area contributed by atoms with E-state index < -0.39 is 5.97 Å². The van der Waals surface area contributed by atoms with Crippen molar-refractivity contribution in [1.29, 1.82) is 0 Å². The quantitative estimate of drug-likeness (QED) is 0.841. The molecule has 0 fully saturated rings.